The number of alkyl halides is 3. The number of hydrogen-bond donors (Lipinski definition) is 2. The number of aromatic nitrogens is 3. The molecule has 2 rings (SSSR count). The van der Waals surface area contributed by atoms with Crippen LogP contribution in [0, 0.1) is 11.8 Å². The summed E-state index contributed by atoms with van der Waals surface area (Å²) in [5.74, 6) is 5.18. The van der Waals surface area contributed by atoms with Gasteiger partial charge in [-0.1, -0.05) is 23.4 Å². The van der Waals surface area contributed by atoms with Crippen LogP contribution in [-0.2, 0) is 13.2 Å². The van der Waals surface area contributed by atoms with E-state index in [1.165, 1.54) is 25.5 Å². The second kappa shape index (κ2) is 7.76. The zero-order chi connectivity index (χ0) is 18.6. The van der Waals surface area contributed by atoms with Gasteiger partial charge < -0.3 is 10.4 Å². The fraction of sp³-hybridized carbons (Fsp3) is 0.375. The zero-order valence-corrected chi connectivity index (χ0v) is 14.3. The van der Waals surface area contributed by atoms with Crippen molar-refractivity contribution in [3.8, 4) is 11.8 Å². The van der Waals surface area contributed by atoms with Gasteiger partial charge in [0.25, 0.3) is 0 Å². The average molecular weight is 373 g/mol. The Hall–Kier alpha value is -2.24. The number of aliphatic hydroxyl groups excluding tert-OH is 1. The van der Waals surface area contributed by atoms with Gasteiger partial charge in [0.2, 0.25) is 0 Å². The molecule has 0 saturated heterocycles. The van der Waals surface area contributed by atoms with Crippen LogP contribution in [0.5, 0.6) is 0 Å². The monoisotopic (exact) mass is 372 g/mol. The molecule has 134 valence electrons. The molecule has 2 heterocycles. The van der Waals surface area contributed by atoms with Crippen LogP contribution < -0.4 is 5.32 Å². The van der Waals surface area contributed by atoms with Crippen molar-refractivity contribution in [2.24, 2.45) is 7.05 Å². The number of halogens is 4. The van der Waals surface area contributed by atoms with Crippen LogP contribution in [-0.4, -0.2) is 32.5 Å². The number of aliphatic hydroxyl groups is 1. The molecule has 0 saturated carbocycles. The Labute approximate surface area is 147 Å². The van der Waals surface area contributed by atoms with Gasteiger partial charge in [0.05, 0.1) is 16.8 Å². The van der Waals surface area contributed by atoms with Gasteiger partial charge in [-0.15, -0.1) is 0 Å². The highest BCUT2D eigenvalue weighted by Gasteiger charge is 2.36. The highest BCUT2D eigenvalue weighted by molar-refractivity contribution is 6.29. The predicted octanol–water partition coefficient (Wildman–Crippen LogP) is 3.07. The molecular formula is C16H16ClF3N4O. The lowest BCUT2D eigenvalue weighted by Gasteiger charge is -2.15. The number of hydrogen-bond acceptors (Lipinski definition) is 4. The average Bonchev–Trinajstić information content (AvgIpc) is 2.88. The smallest absolute Gasteiger partial charge is 0.396 e. The van der Waals surface area contributed by atoms with E-state index >= 15 is 0 Å². The normalized spacial score (nSPS) is 12.4. The third-order valence-corrected chi connectivity index (χ3v) is 3.47. The van der Waals surface area contributed by atoms with Gasteiger partial charge in [0.15, 0.2) is 5.69 Å². The van der Waals surface area contributed by atoms with Crippen LogP contribution in [0.2, 0.25) is 5.15 Å². The summed E-state index contributed by atoms with van der Waals surface area (Å²) in [5, 5.41) is 15.7. The fourth-order valence-electron chi connectivity index (χ4n) is 2.10. The summed E-state index contributed by atoms with van der Waals surface area (Å²) in [6.07, 6.45) is -1.50. The standard InChI is InChI=1S/C16H16ClF3N4O/c1-10(5-6-25)22-13-7-14(17)21-8-11(13)3-4-12-9-24(2)23-15(12)16(18,19)20/h7-10,25H,5-6H2,1-2H3,(H,21,22)/t10-/m0/s1. The minimum Gasteiger partial charge on any atom is -0.396 e. The van der Waals surface area contributed by atoms with Gasteiger partial charge in [-0.3, -0.25) is 4.68 Å². The minimum absolute atomic E-state index is 0.00137. The maximum absolute atomic E-state index is 13.0. The summed E-state index contributed by atoms with van der Waals surface area (Å²) in [4.78, 5) is 3.91. The molecule has 2 aromatic heterocycles. The number of rotatable bonds is 4. The first-order valence-corrected chi connectivity index (χ1v) is 7.74. The largest absolute Gasteiger partial charge is 0.436 e. The summed E-state index contributed by atoms with van der Waals surface area (Å²) >= 11 is 5.87. The molecule has 0 aliphatic rings. The molecule has 0 aliphatic carbocycles. The zero-order valence-electron chi connectivity index (χ0n) is 13.5. The Kier molecular flexibility index (Phi) is 5.93. The summed E-state index contributed by atoms with van der Waals surface area (Å²) in [5.41, 5.74) is -0.330. The maximum atomic E-state index is 13.0. The second-order valence-corrected chi connectivity index (χ2v) is 5.81. The first-order chi connectivity index (χ1) is 11.7. The van der Waals surface area contributed by atoms with E-state index in [2.05, 4.69) is 27.2 Å². The molecule has 0 aromatic carbocycles. The lowest BCUT2D eigenvalue weighted by molar-refractivity contribution is -0.141. The van der Waals surface area contributed by atoms with Crippen molar-refractivity contribution in [3.05, 3.63) is 40.4 Å². The SMILES string of the molecule is C[C@@H](CCO)Nc1cc(Cl)ncc1C#Cc1cn(C)nc1C(F)(F)F. The lowest BCUT2D eigenvalue weighted by Crippen LogP contribution is -2.17. The molecular weight excluding hydrogens is 357 g/mol. The summed E-state index contributed by atoms with van der Waals surface area (Å²) < 4.78 is 40.0. The van der Waals surface area contributed by atoms with Crippen LogP contribution in [0.15, 0.2) is 18.5 Å². The number of aryl methyl sites for hydroxylation is 1. The van der Waals surface area contributed by atoms with Crippen molar-refractivity contribution < 1.29 is 18.3 Å². The van der Waals surface area contributed by atoms with Gasteiger partial charge >= 0.3 is 6.18 Å². The van der Waals surface area contributed by atoms with Crippen molar-refractivity contribution in [2.75, 3.05) is 11.9 Å². The lowest BCUT2D eigenvalue weighted by atomic mass is 10.1. The molecule has 0 bridgehead atoms. The molecule has 0 fully saturated rings. The molecule has 0 unspecified atom stereocenters. The third kappa shape index (κ3) is 5.11. The molecule has 2 N–H and O–H groups in total. The minimum atomic E-state index is -4.58. The highest BCUT2D eigenvalue weighted by Crippen LogP contribution is 2.30. The molecule has 2 aromatic rings. The van der Waals surface area contributed by atoms with Gasteiger partial charge in [-0.2, -0.15) is 18.3 Å². The number of nitrogens with zero attached hydrogens (tertiary/aromatic N) is 3. The molecule has 5 nitrogen and oxygen atoms in total. The van der Waals surface area contributed by atoms with Crippen molar-refractivity contribution in [3.63, 3.8) is 0 Å². The van der Waals surface area contributed by atoms with Crippen molar-refractivity contribution in [2.45, 2.75) is 25.6 Å². The summed E-state index contributed by atoms with van der Waals surface area (Å²) in [6.45, 7) is 1.85. The van der Waals surface area contributed by atoms with E-state index in [4.69, 9.17) is 16.7 Å². The third-order valence-electron chi connectivity index (χ3n) is 3.26. The summed E-state index contributed by atoms with van der Waals surface area (Å²) in [6, 6.07) is 1.46. The Balaban J connectivity index is 2.38. The van der Waals surface area contributed by atoms with Crippen molar-refractivity contribution in [1.82, 2.24) is 14.8 Å². The highest BCUT2D eigenvalue weighted by atomic mass is 35.5. The quantitative estimate of drug-likeness (QED) is 0.639. The van der Waals surface area contributed by atoms with Crippen molar-refractivity contribution in [1.29, 1.82) is 0 Å². The molecule has 9 heteroatoms. The van der Waals surface area contributed by atoms with Gasteiger partial charge in [0, 0.05) is 32.1 Å². The van der Waals surface area contributed by atoms with E-state index in [1.807, 2.05) is 6.92 Å². The van der Waals surface area contributed by atoms with Crippen LogP contribution in [0.4, 0.5) is 18.9 Å². The van der Waals surface area contributed by atoms with Crippen LogP contribution in [0.25, 0.3) is 0 Å². The molecule has 25 heavy (non-hydrogen) atoms. The molecule has 0 aliphatic heterocycles. The van der Waals surface area contributed by atoms with E-state index < -0.39 is 11.9 Å². The van der Waals surface area contributed by atoms with E-state index in [0.717, 1.165) is 4.68 Å². The Morgan fingerprint density at radius 1 is 1.36 bits per heavy atom. The van der Waals surface area contributed by atoms with Gasteiger partial charge in [0.1, 0.15) is 5.15 Å². The Morgan fingerprint density at radius 3 is 2.68 bits per heavy atom. The number of anilines is 1. The predicted molar refractivity (Wildman–Crippen MR) is 88.2 cm³/mol. The topological polar surface area (TPSA) is 63.0 Å². The summed E-state index contributed by atoms with van der Waals surface area (Å²) in [7, 11) is 1.40. The molecule has 0 radical (unpaired) electrons. The molecule has 1 atom stereocenters. The first kappa shape index (κ1) is 19.1. The van der Waals surface area contributed by atoms with Gasteiger partial charge in [-0.05, 0) is 19.4 Å². The van der Waals surface area contributed by atoms with E-state index in [-0.39, 0.29) is 23.4 Å². The Bertz CT molecular complexity index is 808. The van der Waals surface area contributed by atoms with Gasteiger partial charge in [-0.25, -0.2) is 4.98 Å². The van der Waals surface area contributed by atoms with E-state index in [1.54, 1.807) is 0 Å². The number of pyridine rings is 1. The molecule has 0 spiro atoms. The molecule has 0 amide bonds. The maximum Gasteiger partial charge on any atom is 0.436 e. The van der Waals surface area contributed by atoms with Crippen LogP contribution in [0.1, 0.15) is 30.2 Å². The number of nitrogens with one attached hydrogen (secondary N) is 1. The van der Waals surface area contributed by atoms with E-state index in [9.17, 15) is 13.2 Å². The Morgan fingerprint density at radius 2 is 2.04 bits per heavy atom. The fourth-order valence-corrected chi connectivity index (χ4v) is 2.26. The second-order valence-electron chi connectivity index (χ2n) is 5.42. The van der Waals surface area contributed by atoms with Crippen LogP contribution in [0.3, 0.4) is 0 Å². The van der Waals surface area contributed by atoms with Crippen molar-refractivity contribution >= 4 is 17.3 Å². The van der Waals surface area contributed by atoms with E-state index in [0.29, 0.717) is 17.7 Å². The van der Waals surface area contributed by atoms with Crippen LogP contribution >= 0.6 is 11.6 Å². The first-order valence-electron chi connectivity index (χ1n) is 7.36.